The SMILES string of the molecule is CCC(Nc1ccc(OC)cc1)n1nnc2ccccc21. The highest BCUT2D eigenvalue weighted by Gasteiger charge is 2.13. The molecule has 0 fully saturated rings. The fourth-order valence-electron chi connectivity index (χ4n) is 2.33. The number of methoxy groups -OCH3 is 1. The van der Waals surface area contributed by atoms with Crippen LogP contribution in [-0.2, 0) is 0 Å². The second-order valence-electron chi connectivity index (χ2n) is 4.82. The van der Waals surface area contributed by atoms with E-state index in [1.807, 2.05) is 53.2 Å². The maximum Gasteiger partial charge on any atom is 0.122 e. The Bertz CT molecular complexity index is 720. The van der Waals surface area contributed by atoms with Gasteiger partial charge in [-0.05, 0) is 42.8 Å². The number of nitrogens with zero attached hydrogens (tertiary/aromatic N) is 3. The zero-order valence-electron chi connectivity index (χ0n) is 12.2. The first kappa shape index (κ1) is 13.4. The molecule has 1 heterocycles. The van der Waals surface area contributed by atoms with Crippen LogP contribution in [0, 0.1) is 0 Å². The second kappa shape index (κ2) is 5.83. The van der Waals surface area contributed by atoms with Crippen LogP contribution in [0.2, 0.25) is 0 Å². The largest absolute Gasteiger partial charge is 0.497 e. The summed E-state index contributed by atoms with van der Waals surface area (Å²) in [5.74, 6) is 0.847. The van der Waals surface area contributed by atoms with Gasteiger partial charge in [-0.3, -0.25) is 0 Å². The molecule has 21 heavy (non-hydrogen) atoms. The lowest BCUT2D eigenvalue weighted by atomic mass is 10.2. The highest BCUT2D eigenvalue weighted by molar-refractivity contribution is 5.74. The molecule has 0 aliphatic heterocycles. The van der Waals surface area contributed by atoms with Gasteiger partial charge in [-0.15, -0.1) is 5.10 Å². The van der Waals surface area contributed by atoms with Crippen LogP contribution in [0.3, 0.4) is 0 Å². The summed E-state index contributed by atoms with van der Waals surface area (Å²) >= 11 is 0. The van der Waals surface area contributed by atoms with Crippen molar-refractivity contribution < 1.29 is 4.74 Å². The van der Waals surface area contributed by atoms with Crippen LogP contribution in [0.1, 0.15) is 19.5 Å². The third-order valence-electron chi connectivity index (χ3n) is 3.48. The zero-order valence-corrected chi connectivity index (χ0v) is 12.2. The molecule has 5 nitrogen and oxygen atoms in total. The van der Waals surface area contributed by atoms with Gasteiger partial charge in [-0.2, -0.15) is 0 Å². The van der Waals surface area contributed by atoms with E-state index in [1.54, 1.807) is 7.11 Å². The minimum Gasteiger partial charge on any atom is -0.497 e. The van der Waals surface area contributed by atoms with Crippen molar-refractivity contribution in [2.24, 2.45) is 0 Å². The molecular weight excluding hydrogens is 264 g/mol. The van der Waals surface area contributed by atoms with E-state index in [2.05, 4.69) is 22.6 Å². The highest BCUT2D eigenvalue weighted by Crippen LogP contribution is 2.22. The summed E-state index contributed by atoms with van der Waals surface area (Å²) < 4.78 is 7.11. The Balaban J connectivity index is 1.87. The van der Waals surface area contributed by atoms with Gasteiger partial charge in [0.05, 0.1) is 12.6 Å². The van der Waals surface area contributed by atoms with E-state index in [1.165, 1.54) is 0 Å². The van der Waals surface area contributed by atoms with Gasteiger partial charge in [-0.25, -0.2) is 4.68 Å². The average Bonchev–Trinajstić information content (AvgIpc) is 2.97. The predicted octanol–water partition coefficient (Wildman–Crippen LogP) is 3.46. The molecule has 108 valence electrons. The lowest BCUT2D eigenvalue weighted by Crippen LogP contribution is -2.18. The molecule has 5 heteroatoms. The van der Waals surface area contributed by atoms with Crippen LogP contribution in [0.25, 0.3) is 11.0 Å². The van der Waals surface area contributed by atoms with E-state index in [9.17, 15) is 0 Å². The zero-order chi connectivity index (χ0) is 14.7. The van der Waals surface area contributed by atoms with E-state index in [-0.39, 0.29) is 6.17 Å². The summed E-state index contributed by atoms with van der Waals surface area (Å²) in [6.07, 6.45) is 0.963. The van der Waals surface area contributed by atoms with Crippen molar-refractivity contribution in [2.45, 2.75) is 19.5 Å². The quantitative estimate of drug-likeness (QED) is 0.778. The summed E-state index contributed by atoms with van der Waals surface area (Å²) in [4.78, 5) is 0. The molecule has 2 aromatic carbocycles. The van der Waals surface area contributed by atoms with Crippen molar-refractivity contribution in [3.05, 3.63) is 48.5 Å². The predicted molar refractivity (Wildman–Crippen MR) is 83.5 cm³/mol. The van der Waals surface area contributed by atoms with Gasteiger partial charge < -0.3 is 10.1 Å². The molecule has 0 saturated heterocycles. The average molecular weight is 282 g/mol. The topological polar surface area (TPSA) is 52.0 Å². The van der Waals surface area contributed by atoms with Crippen LogP contribution in [0.5, 0.6) is 5.75 Å². The minimum atomic E-state index is 0.0609. The number of hydrogen-bond acceptors (Lipinski definition) is 4. The molecule has 1 N–H and O–H groups in total. The first-order chi connectivity index (χ1) is 10.3. The molecule has 0 bridgehead atoms. The van der Waals surface area contributed by atoms with Crippen molar-refractivity contribution in [1.29, 1.82) is 0 Å². The molecular formula is C16H18N4O. The molecule has 0 radical (unpaired) electrons. The highest BCUT2D eigenvalue weighted by atomic mass is 16.5. The van der Waals surface area contributed by atoms with E-state index in [4.69, 9.17) is 4.74 Å². The number of rotatable bonds is 5. The van der Waals surface area contributed by atoms with Crippen LogP contribution in [0.4, 0.5) is 5.69 Å². The van der Waals surface area contributed by atoms with Gasteiger partial charge in [0.25, 0.3) is 0 Å². The third kappa shape index (κ3) is 2.67. The number of benzene rings is 2. The van der Waals surface area contributed by atoms with Crippen molar-refractivity contribution >= 4 is 16.7 Å². The summed E-state index contributed by atoms with van der Waals surface area (Å²) in [7, 11) is 1.67. The van der Waals surface area contributed by atoms with Crippen LogP contribution < -0.4 is 10.1 Å². The number of nitrogens with one attached hydrogen (secondary N) is 1. The Kier molecular flexibility index (Phi) is 3.73. The first-order valence-electron chi connectivity index (χ1n) is 7.02. The molecule has 0 spiro atoms. The first-order valence-corrected chi connectivity index (χ1v) is 7.02. The number of ether oxygens (including phenoxy) is 1. The van der Waals surface area contributed by atoms with E-state index >= 15 is 0 Å². The number of aromatic nitrogens is 3. The molecule has 0 aliphatic rings. The number of para-hydroxylation sites is 1. The standard InChI is InChI=1S/C16H18N4O/c1-3-16(17-12-8-10-13(21-2)11-9-12)20-15-7-5-4-6-14(15)18-19-20/h4-11,16-17H,3H2,1-2H3. The van der Waals surface area contributed by atoms with E-state index in [0.29, 0.717) is 0 Å². The lowest BCUT2D eigenvalue weighted by Gasteiger charge is -2.19. The maximum atomic E-state index is 5.18. The van der Waals surface area contributed by atoms with Crippen molar-refractivity contribution in [1.82, 2.24) is 15.0 Å². The van der Waals surface area contributed by atoms with Gasteiger partial charge in [0.2, 0.25) is 0 Å². The Labute approximate surface area is 123 Å². The fourth-order valence-corrected chi connectivity index (χ4v) is 2.33. The fraction of sp³-hybridized carbons (Fsp3) is 0.250. The molecule has 0 amide bonds. The van der Waals surface area contributed by atoms with Gasteiger partial charge in [0.1, 0.15) is 17.4 Å². The number of fused-ring (bicyclic) bond motifs is 1. The Hall–Kier alpha value is -2.56. The summed E-state index contributed by atoms with van der Waals surface area (Å²) in [5, 5.41) is 12.0. The van der Waals surface area contributed by atoms with Gasteiger partial charge >= 0.3 is 0 Å². The van der Waals surface area contributed by atoms with Crippen LogP contribution >= 0.6 is 0 Å². The number of hydrogen-bond donors (Lipinski definition) is 1. The summed E-state index contributed by atoms with van der Waals surface area (Å²) in [6.45, 7) is 2.12. The molecule has 1 atom stereocenters. The minimum absolute atomic E-state index is 0.0609. The Morgan fingerprint density at radius 1 is 1.14 bits per heavy atom. The summed E-state index contributed by atoms with van der Waals surface area (Å²) in [5.41, 5.74) is 2.97. The van der Waals surface area contributed by atoms with E-state index < -0.39 is 0 Å². The summed E-state index contributed by atoms with van der Waals surface area (Å²) in [6, 6.07) is 15.9. The number of anilines is 1. The molecule has 1 unspecified atom stereocenters. The van der Waals surface area contributed by atoms with Crippen LogP contribution in [0.15, 0.2) is 48.5 Å². The van der Waals surface area contributed by atoms with Gasteiger partial charge in [0.15, 0.2) is 0 Å². The Morgan fingerprint density at radius 3 is 2.62 bits per heavy atom. The van der Waals surface area contributed by atoms with Crippen molar-refractivity contribution in [3.63, 3.8) is 0 Å². The molecule has 0 aliphatic carbocycles. The van der Waals surface area contributed by atoms with E-state index in [0.717, 1.165) is 28.9 Å². The second-order valence-corrected chi connectivity index (χ2v) is 4.82. The molecule has 3 rings (SSSR count). The molecule has 3 aromatic rings. The Morgan fingerprint density at radius 2 is 1.90 bits per heavy atom. The smallest absolute Gasteiger partial charge is 0.122 e. The maximum absolute atomic E-state index is 5.18. The molecule has 1 aromatic heterocycles. The van der Waals surface area contributed by atoms with Gasteiger partial charge in [0, 0.05) is 5.69 Å². The normalized spacial score (nSPS) is 12.3. The van der Waals surface area contributed by atoms with Gasteiger partial charge in [-0.1, -0.05) is 24.3 Å². The van der Waals surface area contributed by atoms with Crippen molar-refractivity contribution in [3.8, 4) is 5.75 Å². The third-order valence-corrected chi connectivity index (χ3v) is 3.48. The lowest BCUT2D eigenvalue weighted by molar-refractivity contribution is 0.415. The molecule has 0 saturated carbocycles. The monoisotopic (exact) mass is 282 g/mol. The van der Waals surface area contributed by atoms with Crippen LogP contribution in [-0.4, -0.2) is 22.1 Å². The van der Waals surface area contributed by atoms with Crippen molar-refractivity contribution in [2.75, 3.05) is 12.4 Å².